The number of likely N-dealkylation sites (N-methyl/N-ethyl adjacent to an activating group) is 1. The van der Waals surface area contributed by atoms with Gasteiger partial charge in [-0.3, -0.25) is 0 Å². The number of nitrogens with one attached hydrogen (secondary N) is 1. The van der Waals surface area contributed by atoms with Crippen molar-refractivity contribution in [2.45, 2.75) is 33.2 Å². The molecule has 0 fully saturated rings. The summed E-state index contributed by atoms with van der Waals surface area (Å²) < 4.78 is 13.7. The first-order valence-corrected chi connectivity index (χ1v) is 7.01. The molecule has 0 aromatic heterocycles. The summed E-state index contributed by atoms with van der Waals surface area (Å²) in [6.07, 6.45) is 0.873. The van der Waals surface area contributed by atoms with Gasteiger partial charge in [-0.2, -0.15) is 0 Å². The van der Waals surface area contributed by atoms with E-state index in [0.29, 0.717) is 5.56 Å². The van der Waals surface area contributed by atoms with Gasteiger partial charge < -0.3 is 5.32 Å². The second-order valence-corrected chi connectivity index (χ2v) is 5.42. The highest BCUT2D eigenvalue weighted by Crippen LogP contribution is 2.24. The fraction of sp³-hybridized carbons (Fsp3) is 0.333. The molecule has 0 saturated carbocycles. The quantitative estimate of drug-likeness (QED) is 0.876. The fourth-order valence-corrected chi connectivity index (χ4v) is 2.59. The smallest absolute Gasteiger partial charge is 0.126 e. The first kappa shape index (κ1) is 14.7. The molecule has 1 nitrogen and oxygen atoms in total. The Morgan fingerprint density at radius 3 is 2.20 bits per heavy atom. The van der Waals surface area contributed by atoms with E-state index in [9.17, 15) is 4.39 Å². The predicted molar refractivity (Wildman–Crippen MR) is 82.6 cm³/mol. The van der Waals surface area contributed by atoms with Crippen molar-refractivity contribution in [3.8, 4) is 0 Å². The maximum Gasteiger partial charge on any atom is 0.126 e. The van der Waals surface area contributed by atoms with Gasteiger partial charge in [0.1, 0.15) is 5.82 Å². The van der Waals surface area contributed by atoms with E-state index in [0.717, 1.165) is 12.0 Å². The summed E-state index contributed by atoms with van der Waals surface area (Å²) in [4.78, 5) is 0. The van der Waals surface area contributed by atoms with Crippen LogP contribution in [0.3, 0.4) is 0 Å². The largest absolute Gasteiger partial charge is 0.313 e. The lowest BCUT2D eigenvalue weighted by atomic mass is 9.92. The molecule has 0 aliphatic rings. The summed E-state index contributed by atoms with van der Waals surface area (Å²) in [5.74, 6) is -0.135. The van der Waals surface area contributed by atoms with Gasteiger partial charge >= 0.3 is 0 Å². The average Bonchev–Trinajstić information content (AvgIpc) is 2.42. The number of halogens is 1. The van der Waals surface area contributed by atoms with Crippen LogP contribution in [0.1, 0.15) is 33.9 Å². The first-order chi connectivity index (χ1) is 9.52. The third-order valence-corrected chi connectivity index (χ3v) is 4.00. The lowest BCUT2D eigenvalue weighted by Gasteiger charge is -2.20. The van der Waals surface area contributed by atoms with Gasteiger partial charge in [-0.1, -0.05) is 30.3 Å². The fourth-order valence-electron chi connectivity index (χ4n) is 2.59. The minimum atomic E-state index is -0.135. The van der Waals surface area contributed by atoms with Gasteiger partial charge in [0.05, 0.1) is 0 Å². The summed E-state index contributed by atoms with van der Waals surface area (Å²) in [7, 11) is 1.93. The normalized spacial score (nSPS) is 12.4. The minimum Gasteiger partial charge on any atom is -0.313 e. The molecule has 2 aromatic rings. The van der Waals surface area contributed by atoms with Gasteiger partial charge in [0.25, 0.3) is 0 Å². The standard InChI is InChI=1S/C18H22FN/c1-12-6-5-7-13(2)16(12)11-18(20-4)15-9-8-14(3)17(19)10-15/h5-10,18,20H,11H2,1-4H3. The summed E-state index contributed by atoms with van der Waals surface area (Å²) in [5, 5.41) is 3.30. The number of hydrogen-bond acceptors (Lipinski definition) is 1. The van der Waals surface area contributed by atoms with Crippen LogP contribution < -0.4 is 5.32 Å². The first-order valence-electron chi connectivity index (χ1n) is 7.01. The monoisotopic (exact) mass is 271 g/mol. The Bertz CT molecular complexity index is 584. The zero-order chi connectivity index (χ0) is 14.7. The molecule has 1 N–H and O–H groups in total. The number of benzene rings is 2. The van der Waals surface area contributed by atoms with Crippen LogP contribution >= 0.6 is 0 Å². The molecule has 0 heterocycles. The highest BCUT2D eigenvalue weighted by atomic mass is 19.1. The lowest BCUT2D eigenvalue weighted by Crippen LogP contribution is -2.20. The zero-order valence-electron chi connectivity index (χ0n) is 12.6. The molecular weight excluding hydrogens is 249 g/mol. The molecule has 2 heteroatoms. The van der Waals surface area contributed by atoms with E-state index < -0.39 is 0 Å². The lowest BCUT2D eigenvalue weighted by molar-refractivity contribution is 0.572. The SMILES string of the molecule is CNC(Cc1c(C)cccc1C)c1ccc(C)c(F)c1. The van der Waals surface area contributed by atoms with E-state index in [1.807, 2.05) is 19.2 Å². The van der Waals surface area contributed by atoms with Crippen molar-refractivity contribution in [2.75, 3.05) is 7.05 Å². The maximum atomic E-state index is 13.7. The van der Waals surface area contributed by atoms with Crippen molar-refractivity contribution in [2.24, 2.45) is 0 Å². The van der Waals surface area contributed by atoms with E-state index in [-0.39, 0.29) is 11.9 Å². The summed E-state index contributed by atoms with van der Waals surface area (Å²) in [6, 6.07) is 12.0. The van der Waals surface area contributed by atoms with Crippen LogP contribution in [0, 0.1) is 26.6 Å². The van der Waals surface area contributed by atoms with Crippen molar-refractivity contribution < 1.29 is 4.39 Å². The Morgan fingerprint density at radius 2 is 1.65 bits per heavy atom. The molecule has 0 spiro atoms. The average molecular weight is 271 g/mol. The highest BCUT2D eigenvalue weighted by Gasteiger charge is 2.14. The highest BCUT2D eigenvalue weighted by molar-refractivity contribution is 5.36. The van der Waals surface area contributed by atoms with Crippen LogP contribution in [0.25, 0.3) is 0 Å². The number of aryl methyl sites for hydroxylation is 3. The third-order valence-electron chi connectivity index (χ3n) is 4.00. The summed E-state index contributed by atoms with van der Waals surface area (Å²) >= 11 is 0. The number of hydrogen-bond donors (Lipinski definition) is 1. The molecule has 2 rings (SSSR count). The second kappa shape index (κ2) is 6.19. The molecule has 1 unspecified atom stereocenters. The van der Waals surface area contributed by atoms with Crippen molar-refractivity contribution in [1.82, 2.24) is 5.32 Å². The topological polar surface area (TPSA) is 12.0 Å². The Morgan fingerprint density at radius 1 is 1.00 bits per heavy atom. The van der Waals surface area contributed by atoms with Gasteiger partial charge in [-0.25, -0.2) is 4.39 Å². The Hall–Kier alpha value is -1.67. The van der Waals surface area contributed by atoms with Crippen LogP contribution in [0.15, 0.2) is 36.4 Å². The third kappa shape index (κ3) is 3.07. The molecule has 0 radical (unpaired) electrons. The van der Waals surface area contributed by atoms with Crippen LogP contribution in [-0.4, -0.2) is 7.05 Å². The van der Waals surface area contributed by atoms with Gasteiger partial charge in [0, 0.05) is 6.04 Å². The van der Waals surface area contributed by atoms with E-state index in [1.54, 1.807) is 13.0 Å². The maximum absolute atomic E-state index is 13.7. The van der Waals surface area contributed by atoms with Gasteiger partial charge in [0.15, 0.2) is 0 Å². The second-order valence-electron chi connectivity index (χ2n) is 5.42. The van der Waals surface area contributed by atoms with E-state index in [1.165, 1.54) is 16.7 Å². The van der Waals surface area contributed by atoms with Crippen molar-refractivity contribution >= 4 is 0 Å². The number of rotatable bonds is 4. The van der Waals surface area contributed by atoms with Crippen molar-refractivity contribution in [1.29, 1.82) is 0 Å². The van der Waals surface area contributed by atoms with Gasteiger partial charge in [0.2, 0.25) is 0 Å². The van der Waals surface area contributed by atoms with E-state index >= 15 is 0 Å². The van der Waals surface area contributed by atoms with Crippen LogP contribution in [0.4, 0.5) is 4.39 Å². The zero-order valence-corrected chi connectivity index (χ0v) is 12.6. The Balaban J connectivity index is 2.31. The molecule has 0 bridgehead atoms. The predicted octanol–water partition coefficient (Wildman–Crippen LogP) is 4.25. The van der Waals surface area contributed by atoms with Crippen LogP contribution in [0.2, 0.25) is 0 Å². The Kier molecular flexibility index (Phi) is 4.56. The molecule has 0 saturated heterocycles. The summed E-state index contributed by atoms with van der Waals surface area (Å²) in [5.41, 5.74) is 5.61. The molecule has 1 atom stereocenters. The van der Waals surface area contributed by atoms with Crippen LogP contribution in [0.5, 0.6) is 0 Å². The summed E-state index contributed by atoms with van der Waals surface area (Å²) in [6.45, 7) is 6.05. The van der Waals surface area contributed by atoms with Crippen molar-refractivity contribution in [3.05, 3.63) is 70.0 Å². The molecular formula is C18H22FN. The van der Waals surface area contributed by atoms with E-state index in [4.69, 9.17) is 0 Å². The molecule has 20 heavy (non-hydrogen) atoms. The molecule has 106 valence electrons. The molecule has 0 aliphatic heterocycles. The van der Waals surface area contributed by atoms with Gasteiger partial charge in [-0.15, -0.1) is 0 Å². The minimum absolute atomic E-state index is 0.130. The molecule has 0 aliphatic carbocycles. The molecule has 2 aromatic carbocycles. The van der Waals surface area contributed by atoms with Crippen LogP contribution in [-0.2, 0) is 6.42 Å². The van der Waals surface area contributed by atoms with Crippen molar-refractivity contribution in [3.63, 3.8) is 0 Å². The van der Waals surface area contributed by atoms with E-state index in [2.05, 4.69) is 37.4 Å². The Labute approximate surface area is 120 Å². The molecule has 0 amide bonds. The van der Waals surface area contributed by atoms with Gasteiger partial charge in [-0.05, 0) is 68.1 Å².